The van der Waals surface area contributed by atoms with Gasteiger partial charge >= 0.3 is 11.9 Å². The first-order valence-electron chi connectivity index (χ1n) is 13.3. The molecule has 1 unspecified atom stereocenters. The van der Waals surface area contributed by atoms with E-state index in [9.17, 15) is 24.3 Å². The van der Waals surface area contributed by atoms with E-state index in [2.05, 4.69) is 0 Å². The summed E-state index contributed by atoms with van der Waals surface area (Å²) in [6.07, 6.45) is -0.348. The molecule has 3 N–H and O–H groups in total. The van der Waals surface area contributed by atoms with Gasteiger partial charge < -0.3 is 29.5 Å². The summed E-state index contributed by atoms with van der Waals surface area (Å²) >= 11 is 1.94. The van der Waals surface area contributed by atoms with Gasteiger partial charge in [0.1, 0.15) is 0 Å². The van der Waals surface area contributed by atoms with Gasteiger partial charge in [-0.15, -0.1) is 22.7 Å². The number of ketones is 2. The lowest BCUT2D eigenvalue weighted by Crippen LogP contribution is -2.14. The van der Waals surface area contributed by atoms with E-state index in [1.165, 1.54) is 45.2 Å². The number of methoxy groups -OCH3 is 1. The fourth-order valence-corrected chi connectivity index (χ4v) is 6.32. The Balaban J connectivity index is 1.42. The second-order valence-corrected chi connectivity index (χ2v) is 12.3. The van der Waals surface area contributed by atoms with E-state index in [1.807, 2.05) is 0 Å². The van der Waals surface area contributed by atoms with E-state index in [4.69, 9.17) is 24.4 Å². The van der Waals surface area contributed by atoms with Gasteiger partial charge in [-0.05, 0) is 12.1 Å². The molecule has 2 atom stereocenters. The molecule has 44 heavy (non-hydrogen) atoms. The number of hydrogen-bond acceptors (Lipinski definition) is 10. The molecule has 0 aliphatic rings. The molecule has 0 spiro atoms. The predicted octanol–water partition coefficient (Wildman–Crippen LogP) is 6.54. The highest BCUT2D eigenvalue weighted by molar-refractivity contribution is 7.21. The summed E-state index contributed by atoms with van der Waals surface area (Å²) < 4.78 is 47.6. The Labute approximate surface area is 257 Å². The number of carboxylic acid groups (broad SMARTS) is 2. The van der Waals surface area contributed by atoms with Crippen molar-refractivity contribution in [2.24, 2.45) is 11.8 Å². The molecule has 10 nitrogen and oxygen atoms in total. The van der Waals surface area contributed by atoms with Crippen LogP contribution in [0.15, 0.2) is 24.3 Å². The number of aliphatic carboxylic acids is 2. The van der Waals surface area contributed by atoms with Crippen LogP contribution in [0.2, 0.25) is 0 Å². The van der Waals surface area contributed by atoms with Gasteiger partial charge in [0.25, 0.3) is 0 Å². The first-order valence-corrected chi connectivity index (χ1v) is 15.0. The number of Topliss-reactive ketones (excluding diaryl/α,β-unsaturated/α-hetero) is 2. The standard InChI is InChI=1S/C30H28F2O10S2/c1-13(29(36)37)7-17(33)23-9-15-21(43-23)11-19(35)27(25(15)31)41-5-4-6-42-28-20(40-3)12-22-16(26(28)32)10-24(44-22)18(34)8-14(2)30(38)39/h9-14,35H,4-8H2,1-3H3,(H,36,37)(H,38,39)/t13-,14?/m0/s1. The minimum Gasteiger partial charge on any atom is -0.504 e. The molecule has 14 heteroatoms. The van der Waals surface area contributed by atoms with Crippen molar-refractivity contribution < 1.29 is 57.5 Å². The van der Waals surface area contributed by atoms with E-state index in [0.29, 0.717) is 4.70 Å². The number of carbonyl (C=O) groups excluding carboxylic acids is 2. The monoisotopic (exact) mass is 650 g/mol. The summed E-state index contributed by atoms with van der Waals surface area (Å²) in [5.41, 5.74) is 0. The number of carbonyl (C=O) groups is 4. The number of benzene rings is 2. The first-order chi connectivity index (χ1) is 20.8. The van der Waals surface area contributed by atoms with Crippen molar-refractivity contribution in [3.8, 4) is 23.0 Å². The second-order valence-electron chi connectivity index (χ2n) is 10.1. The summed E-state index contributed by atoms with van der Waals surface area (Å²) in [5.74, 6) is -7.64. The fraction of sp³-hybridized carbons (Fsp3) is 0.333. The number of hydrogen-bond donors (Lipinski definition) is 3. The highest BCUT2D eigenvalue weighted by atomic mass is 32.1. The van der Waals surface area contributed by atoms with Gasteiger partial charge in [0.2, 0.25) is 0 Å². The summed E-state index contributed by atoms with van der Waals surface area (Å²) in [6, 6.07) is 5.41. The average molecular weight is 651 g/mol. The maximum absolute atomic E-state index is 15.4. The van der Waals surface area contributed by atoms with Crippen molar-refractivity contribution in [1.29, 1.82) is 0 Å². The third-order valence-electron chi connectivity index (χ3n) is 6.76. The Kier molecular flexibility index (Phi) is 10.0. The zero-order chi connectivity index (χ0) is 32.3. The van der Waals surface area contributed by atoms with E-state index < -0.39 is 58.5 Å². The summed E-state index contributed by atoms with van der Waals surface area (Å²) in [6.45, 7) is 2.59. The normalized spacial score (nSPS) is 12.7. The van der Waals surface area contributed by atoms with Crippen LogP contribution >= 0.6 is 22.7 Å². The number of phenols is 1. The third kappa shape index (κ3) is 6.91. The van der Waals surface area contributed by atoms with E-state index in [-0.39, 0.29) is 69.2 Å². The lowest BCUT2D eigenvalue weighted by atomic mass is 10.0. The van der Waals surface area contributed by atoms with Gasteiger partial charge in [-0.25, -0.2) is 8.78 Å². The number of ether oxygens (including phenoxy) is 3. The highest BCUT2D eigenvalue weighted by Crippen LogP contribution is 2.41. The molecule has 4 rings (SSSR count). The Morgan fingerprint density at radius 2 is 1.23 bits per heavy atom. The summed E-state index contributed by atoms with van der Waals surface area (Å²) in [4.78, 5) is 47.5. The Morgan fingerprint density at radius 3 is 1.70 bits per heavy atom. The van der Waals surface area contributed by atoms with E-state index in [0.717, 1.165) is 22.7 Å². The van der Waals surface area contributed by atoms with Crippen molar-refractivity contribution in [1.82, 2.24) is 0 Å². The minimum absolute atomic E-state index is 0.0384. The van der Waals surface area contributed by atoms with Gasteiger partial charge in [-0.3, -0.25) is 19.2 Å². The summed E-state index contributed by atoms with van der Waals surface area (Å²) in [7, 11) is 1.32. The number of rotatable bonds is 15. The number of fused-ring (bicyclic) bond motifs is 2. The Hall–Kier alpha value is -4.30. The van der Waals surface area contributed by atoms with Crippen molar-refractivity contribution in [2.45, 2.75) is 33.1 Å². The van der Waals surface area contributed by atoms with Gasteiger partial charge in [-0.1, -0.05) is 13.8 Å². The van der Waals surface area contributed by atoms with Gasteiger partial charge in [0, 0.05) is 51.6 Å². The van der Waals surface area contributed by atoms with E-state index >= 15 is 8.78 Å². The zero-order valence-electron chi connectivity index (χ0n) is 23.8. The molecule has 2 aromatic carbocycles. The molecule has 0 saturated carbocycles. The van der Waals surface area contributed by atoms with Crippen molar-refractivity contribution >= 4 is 66.4 Å². The fourth-order valence-electron chi connectivity index (χ4n) is 4.24. The third-order valence-corrected chi connectivity index (χ3v) is 9.00. The lowest BCUT2D eigenvalue weighted by molar-refractivity contribution is -0.141. The van der Waals surface area contributed by atoms with Crippen LogP contribution in [0.4, 0.5) is 8.78 Å². The Morgan fingerprint density at radius 1 is 0.773 bits per heavy atom. The lowest BCUT2D eigenvalue weighted by Gasteiger charge is -2.13. The van der Waals surface area contributed by atoms with Crippen LogP contribution in [-0.2, 0) is 9.59 Å². The Bertz CT molecular complexity index is 1760. The van der Waals surface area contributed by atoms with Gasteiger partial charge in [-0.2, -0.15) is 0 Å². The number of aromatic hydroxyl groups is 1. The van der Waals surface area contributed by atoms with Crippen LogP contribution in [-0.4, -0.2) is 59.1 Å². The van der Waals surface area contributed by atoms with E-state index in [1.54, 1.807) is 0 Å². The SMILES string of the molecule is COc1cc2sc(C(=O)CC(C)C(=O)O)cc2c(F)c1OCCCOc1c(O)cc2sc(C(=O)C[C@H](C)C(=O)O)cc2c1F. The molecular weight excluding hydrogens is 622 g/mol. The molecule has 0 aliphatic carbocycles. The maximum atomic E-state index is 15.4. The number of phenolic OH excluding ortho intramolecular Hbond substituents is 1. The van der Waals surface area contributed by atoms with Crippen LogP contribution in [0.25, 0.3) is 20.2 Å². The smallest absolute Gasteiger partial charge is 0.306 e. The van der Waals surface area contributed by atoms with Crippen molar-refractivity contribution in [3.63, 3.8) is 0 Å². The van der Waals surface area contributed by atoms with Crippen molar-refractivity contribution in [3.05, 3.63) is 45.7 Å². The van der Waals surface area contributed by atoms with Crippen LogP contribution in [0, 0.1) is 23.5 Å². The molecule has 0 fully saturated rings. The molecule has 0 saturated heterocycles. The van der Waals surface area contributed by atoms with Gasteiger partial charge in [0.15, 0.2) is 46.2 Å². The van der Waals surface area contributed by atoms with Crippen LogP contribution in [0.5, 0.6) is 23.0 Å². The van der Waals surface area contributed by atoms with Crippen LogP contribution in [0.3, 0.4) is 0 Å². The number of halogens is 2. The molecule has 234 valence electrons. The topological polar surface area (TPSA) is 157 Å². The molecular formula is C30H28F2O10S2. The quantitative estimate of drug-likeness (QED) is 0.0953. The molecule has 0 aliphatic heterocycles. The molecule has 0 radical (unpaired) electrons. The van der Waals surface area contributed by atoms with Crippen LogP contribution in [0.1, 0.15) is 52.5 Å². The number of thiophene rings is 2. The maximum Gasteiger partial charge on any atom is 0.306 e. The summed E-state index contributed by atoms with van der Waals surface area (Å²) in [5, 5.41) is 28.6. The number of carboxylic acids is 2. The minimum atomic E-state index is -1.12. The molecule has 0 bridgehead atoms. The zero-order valence-corrected chi connectivity index (χ0v) is 25.4. The average Bonchev–Trinajstić information content (AvgIpc) is 3.60. The van der Waals surface area contributed by atoms with Crippen LogP contribution < -0.4 is 14.2 Å². The highest BCUT2D eigenvalue weighted by Gasteiger charge is 2.24. The largest absolute Gasteiger partial charge is 0.504 e. The first kappa shape index (κ1) is 32.6. The van der Waals surface area contributed by atoms with Crippen molar-refractivity contribution in [2.75, 3.05) is 20.3 Å². The predicted molar refractivity (Wildman–Crippen MR) is 159 cm³/mol. The molecule has 4 aromatic rings. The molecule has 2 heterocycles. The molecule has 0 amide bonds. The molecule has 2 aromatic heterocycles. The second kappa shape index (κ2) is 13.6. The van der Waals surface area contributed by atoms with Gasteiger partial charge in [0.05, 0.1) is 41.9 Å².